The number of anilines is 1. The van der Waals surface area contributed by atoms with Gasteiger partial charge in [0, 0.05) is 36.9 Å². The van der Waals surface area contributed by atoms with Gasteiger partial charge >= 0.3 is 0 Å². The average molecular weight is 543 g/mol. The highest BCUT2D eigenvalue weighted by Gasteiger charge is 2.25. The second-order valence-corrected chi connectivity index (χ2v) is 10.4. The van der Waals surface area contributed by atoms with Crippen molar-refractivity contribution in [1.29, 1.82) is 0 Å². The van der Waals surface area contributed by atoms with Crippen molar-refractivity contribution in [2.24, 2.45) is 0 Å². The van der Waals surface area contributed by atoms with Crippen LogP contribution in [-0.2, 0) is 0 Å². The number of piperidine rings is 1. The van der Waals surface area contributed by atoms with Gasteiger partial charge < -0.3 is 19.8 Å². The molecule has 196 valence electrons. The Hall–Kier alpha value is -2.84. The summed E-state index contributed by atoms with van der Waals surface area (Å²) in [4.78, 5) is 7.20. The van der Waals surface area contributed by atoms with Crippen molar-refractivity contribution in [3.8, 4) is 28.3 Å². The van der Waals surface area contributed by atoms with Crippen LogP contribution < -0.4 is 9.64 Å². The van der Waals surface area contributed by atoms with Gasteiger partial charge in [-0.15, -0.1) is 0 Å². The van der Waals surface area contributed by atoms with Crippen LogP contribution >= 0.6 is 23.2 Å². The lowest BCUT2D eigenvalue weighted by atomic mass is 10.0. The normalized spacial score (nSPS) is 13.9. The van der Waals surface area contributed by atoms with Gasteiger partial charge in [0.1, 0.15) is 18.1 Å². The summed E-state index contributed by atoms with van der Waals surface area (Å²) < 4.78 is 7.88. The topological polar surface area (TPSA) is 83.1 Å². The first-order valence-corrected chi connectivity index (χ1v) is 13.1. The summed E-state index contributed by atoms with van der Waals surface area (Å²) in [5, 5.41) is 23.6. The minimum absolute atomic E-state index is 0.122. The lowest BCUT2D eigenvalue weighted by Gasteiger charge is -2.29. The Labute approximate surface area is 227 Å². The van der Waals surface area contributed by atoms with Crippen LogP contribution in [0.25, 0.3) is 28.0 Å². The first-order chi connectivity index (χ1) is 17.8. The van der Waals surface area contributed by atoms with Crippen molar-refractivity contribution >= 4 is 34.7 Å². The highest BCUT2D eigenvalue weighted by atomic mass is 35.5. The van der Waals surface area contributed by atoms with Crippen LogP contribution in [0.1, 0.15) is 33.1 Å². The fourth-order valence-corrected chi connectivity index (χ4v) is 4.73. The van der Waals surface area contributed by atoms with E-state index in [2.05, 4.69) is 4.90 Å². The zero-order chi connectivity index (χ0) is 26.6. The van der Waals surface area contributed by atoms with Crippen LogP contribution in [0.5, 0.6) is 5.88 Å². The van der Waals surface area contributed by atoms with Gasteiger partial charge in [-0.25, -0.2) is 0 Å². The largest absolute Gasteiger partial charge is 0.474 e. The summed E-state index contributed by atoms with van der Waals surface area (Å²) >= 11 is 12.8. The standard InChI is InChI=1S/C27H28Cl2N4O2.CH4O/c1-27(2,34)17-35-22-16-23(32-14-6-3-7-15-32)33-26(30-22)24(18-10-12-19(28)13-11-18)25(31-33)20-8-4-5-9-21(20)29;1-2/h4-5,8-13,16,34H,3,6-7,14-15,17H2,1-2H3;2H,1H3. The Bertz CT molecular complexity index is 1340. The molecular weight excluding hydrogens is 511 g/mol. The highest BCUT2D eigenvalue weighted by Crippen LogP contribution is 2.40. The molecule has 1 aliphatic heterocycles. The molecule has 2 aromatic carbocycles. The summed E-state index contributed by atoms with van der Waals surface area (Å²) in [6.07, 6.45) is 3.45. The predicted molar refractivity (Wildman–Crippen MR) is 150 cm³/mol. The minimum Gasteiger partial charge on any atom is -0.474 e. The van der Waals surface area contributed by atoms with Crippen molar-refractivity contribution in [2.75, 3.05) is 31.7 Å². The number of rotatable bonds is 6. The summed E-state index contributed by atoms with van der Waals surface area (Å²) in [5.41, 5.74) is 3.02. The molecule has 37 heavy (non-hydrogen) atoms. The average Bonchev–Trinajstić information content (AvgIpc) is 3.28. The fourth-order valence-electron chi connectivity index (χ4n) is 4.38. The van der Waals surface area contributed by atoms with E-state index in [4.69, 9.17) is 43.1 Å². The fraction of sp³-hybridized carbons (Fsp3) is 0.357. The zero-order valence-corrected chi connectivity index (χ0v) is 22.8. The molecule has 1 aliphatic rings. The Morgan fingerprint density at radius 3 is 2.30 bits per heavy atom. The Balaban J connectivity index is 0.00000156. The van der Waals surface area contributed by atoms with Gasteiger partial charge in [-0.05, 0) is 56.9 Å². The molecule has 2 N–H and O–H groups in total. The van der Waals surface area contributed by atoms with E-state index in [9.17, 15) is 5.11 Å². The number of aliphatic hydroxyl groups excluding tert-OH is 1. The van der Waals surface area contributed by atoms with Gasteiger partial charge in [0.15, 0.2) is 5.65 Å². The number of aliphatic hydroxyl groups is 2. The van der Waals surface area contributed by atoms with Crippen LogP contribution in [0.15, 0.2) is 54.6 Å². The second kappa shape index (κ2) is 11.7. The van der Waals surface area contributed by atoms with E-state index in [0.29, 0.717) is 21.6 Å². The molecule has 7 nitrogen and oxygen atoms in total. The summed E-state index contributed by atoms with van der Waals surface area (Å²) in [5.74, 6) is 1.36. The van der Waals surface area contributed by atoms with E-state index in [1.807, 2.05) is 59.1 Å². The van der Waals surface area contributed by atoms with Crippen molar-refractivity contribution in [1.82, 2.24) is 14.6 Å². The predicted octanol–water partition coefficient (Wildman–Crippen LogP) is 6.12. The number of hydrogen-bond acceptors (Lipinski definition) is 6. The summed E-state index contributed by atoms with van der Waals surface area (Å²) in [7, 11) is 1.00. The van der Waals surface area contributed by atoms with E-state index in [-0.39, 0.29) is 6.61 Å². The van der Waals surface area contributed by atoms with Gasteiger partial charge in [-0.1, -0.05) is 53.5 Å². The SMILES string of the molecule is CC(C)(O)COc1cc(N2CCCCC2)n2nc(-c3ccccc3Cl)c(-c3ccc(Cl)cc3)c2n1.CO. The molecule has 2 aromatic heterocycles. The number of ether oxygens (including phenoxy) is 1. The molecule has 1 fully saturated rings. The minimum atomic E-state index is -0.985. The molecule has 0 atom stereocenters. The Morgan fingerprint density at radius 1 is 0.973 bits per heavy atom. The molecule has 0 aliphatic carbocycles. The quantitative estimate of drug-likeness (QED) is 0.305. The van der Waals surface area contributed by atoms with Gasteiger partial charge in [-0.2, -0.15) is 14.6 Å². The van der Waals surface area contributed by atoms with Crippen molar-refractivity contribution in [3.05, 3.63) is 64.6 Å². The molecule has 0 unspecified atom stereocenters. The monoisotopic (exact) mass is 542 g/mol. The van der Waals surface area contributed by atoms with Gasteiger partial charge in [0.05, 0.1) is 16.2 Å². The molecule has 3 heterocycles. The van der Waals surface area contributed by atoms with Crippen LogP contribution in [-0.4, -0.2) is 57.2 Å². The molecule has 9 heteroatoms. The van der Waals surface area contributed by atoms with Crippen LogP contribution in [0.3, 0.4) is 0 Å². The Kier molecular flexibility index (Phi) is 8.60. The molecular formula is C28H32Cl2N4O3. The maximum atomic E-state index is 10.2. The highest BCUT2D eigenvalue weighted by molar-refractivity contribution is 6.33. The van der Waals surface area contributed by atoms with Gasteiger partial charge in [0.25, 0.3) is 0 Å². The lowest BCUT2D eigenvalue weighted by molar-refractivity contribution is 0.0269. The number of benzene rings is 2. The van der Waals surface area contributed by atoms with Crippen molar-refractivity contribution in [3.63, 3.8) is 0 Å². The second-order valence-electron chi connectivity index (χ2n) is 9.55. The van der Waals surface area contributed by atoms with Crippen LogP contribution in [0, 0.1) is 0 Å². The van der Waals surface area contributed by atoms with E-state index >= 15 is 0 Å². The summed E-state index contributed by atoms with van der Waals surface area (Å²) in [6.45, 7) is 5.41. The smallest absolute Gasteiger partial charge is 0.219 e. The molecule has 0 amide bonds. The van der Waals surface area contributed by atoms with Crippen LogP contribution in [0.2, 0.25) is 10.0 Å². The molecule has 0 bridgehead atoms. The van der Waals surface area contributed by atoms with Crippen LogP contribution in [0.4, 0.5) is 5.82 Å². The molecule has 4 aromatic rings. The number of nitrogens with zero attached hydrogens (tertiary/aromatic N) is 4. The van der Waals surface area contributed by atoms with E-state index < -0.39 is 5.60 Å². The van der Waals surface area contributed by atoms with Crippen molar-refractivity contribution in [2.45, 2.75) is 38.7 Å². The summed E-state index contributed by atoms with van der Waals surface area (Å²) in [6, 6.07) is 17.3. The third-order valence-electron chi connectivity index (χ3n) is 6.06. The van der Waals surface area contributed by atoms with Crippen molar-refractivity contribution < 1.29 is 14.9 Å². The van der Waals surface area contributed by atoms with E-state index in [1.54, 1.807) is 13.8 Å². The molecule has 0 spiro atoms. The molecule has 1 saturated heterocycles. The first kappa shape index (κ1) is 27.2. The maximum absolute atomic E-state index is 10.2. The Morgan fingerprint density at radius 2 is 1.65 bits per heavy atom. The van der Waals surface area contributed by atoms with E-state index in [1.165, 1.54) is 6.42 Å². The number of halogens is 2. The third-order valence-corrected chi connectivity index (χ3v) is 6.64. The van der Waals surface area contributed by atoms with Gasteiger partial charge in [-0.3, -0.25) is 0 Å². The third kappa shape index (κ3) is 6.18. The zero-order valence-electron chi connectivity index (χ0n) is 21.3. The maximum Gasteiger partial charge on any atom is 0.219 e. The number of hydrogen-bond donors (Lipinski definition) is 2. The van der Waals surface area contributed by atoms with Gasteiger partial charge in [0.2, 0.25) is 5.88 Å². The molecule has 0 radical (unpaired) electrons. The number of aromatic nitrogens is 3. The lowest BCUT2D eigenvalue weighted by Crippen LogP contribution is -2.32. The first-order valence-electron chi connectivity index (χ1n) is 12.3. The molecule has 5 rings (SSSR count). The molecule has 0 saturated carbocycles. The van der Waals surface area contributed by atoms with E-state index in [0.717, 1.165) is 61.2 Å². The number of fused-ring (bicyclic) bond motifs is 1.